The van der Waals surface area contributed by atoms with Crippen molar-refractivity contribution in [3.05, 3.63) is 60.2 Å². The van der Waals surface area contributed by atoms with Crippen LogP contribution in [0.1, 0.15) is 22.3 Å². The summed E-state index contributed by atoms with van der Waals surface area (Å²) < 4.78 is 46.0. The van der Waals surface area contributed by atoms with Crippen molar-refractivity contribution >= 4 is 15.7 Å². The summed E-state index contributed by atoms with van der Waals surface area (Å²) in [5.74, 6) is 1.71. The van der Waals surface area contributed by atoms with Crippen LogP contribution in [0.5, 0.6) is 23.0 Å². The van der Waals surface area contributed by atoms with Crippen LogP contribution in [0.2, 0.25) is 0 Å². The van der Waals surface area contributed by atoms with Gasteiger partial charge >= 0.3 is 0 Å². The summed E-state index contributed by atoms with van der Waals surface area (Å²) in [6, 6.07) is 9.85. The van der Waals surface area contributed by atoms with Crippen molar-refractivity contribution < 1.29 is 32.2 Å². The Morgan fingerprint density at radius 2 is 1.73 bits per heavy atom. The van der Waals surface area contributed by atoms with Crippen LogP contribution >= 0.6 is 0 Å². The minimum atomic E-state index is -3.19. The molecule has 1 heterocycles. The first-order valence-corrected chi connectivity index (χ1v) is 12.3. The Balaban J connectivity index is 1.94. The van der Waals surface area contributed by atoms with Crippen molar-refractivity contribution in [2.45, 2.75) is 19.0 Å². The molecule has 0 bridgehead atoms. The lowest BCUT2D eigenvalue weighted by molar-refractivity contribution is 0.0680. The highest BCUT2D eigenvalue weighted by Gasteiger charge is 2.35. The molecule has 33 heavy (non-hydrogen) atoms. The molecule has 0 radical (unpaired) electrons. The Morgan fingerprint density at radius 3 is 2.21 bits per heavy atom. The molecular formula is C24H29NO7S. The molecule has 1 aliphatic rings. The van der Waals surface area contributed by atoms with Gasteiger partial charge in [-0.2, -0.15) is 0 Å². The van der Waals surface area contributed by atoms with Crippen LogP contribution < -0.4 is 18.9 Å². The van der Waals surface area contributed by atoms with E-state index >= 15 is 0 Å². The summed E-state index contributed by atoms with van der Waals surface area (Å²) in [5, 5.41) is 0. The molecule has 9 heteroatoms. The monoisotopic (exact) mass is 475 g/mol. The number of nitrogens with zero attached hydrogens (tertiary/aromatic N) is 1. The van der Waals surface area contributed by atoms with Gasteiger partial charge in [0.25, 0.3) is 5.91 Å². The van der Waals surface area contributed by atoms with Gasteiger partial charge in [-0.25, -0.2) is 8.42 Å². The molecule has 0 aromatic heterocycles. The highest BCUT2D eigenvalue weighted by Crippen LogP contribution is 2.39. The second-order valence-corrected chi connectivity index (χ2v) is 9.88. The standard InChI is InChI=1S/C24H29NO7S/c1-5-11-32-20-8-6-18(7-9-20)24(26)25(19-10-12-33(27,28)16-19)15-17-13-21(29-2)23(31-4)22(14-17)30-3/h5-9,13-14,19H,1,10-12,15-16H2,2-4H3/t19-/m1/s1. The average Bonchev–Trinajstić information content (AvgIpc) is 3.19. The molecule has 8 nitrogen and oxygen atoms in total. The number of rotatable bonds is 10. The second kappa shape index (κ2) is 10.6. The van der Waals surface area contributed by atoms with Crippen LogP contribution in [-0.4, -0.2) is 64.7 Å². The van der Waals surface area contributed by atoms with Crippen molar-refractivity contribution in [3.63, 3.8) is 0 Å². The quantitative estimate of drug-likeness (QED) is 0.488. The van der Waals surface area contributed by atoms with E-state index in [-0.39, 0.29) is 24.0 Å². The van der Waals surface area contributed by atoms with Crippen molar-refractivity contribution in [1.29, 1.82) is 0 Å². The van der Waals surface area contributed by atoms with Crippen LogP contribution in [0.3, 0.4) is 0 Å². The summed E-state index contributed by atoms with van der Waals surface area (Å²) in [4.78, 5) is 15.1. The highest BCUT2D eigenvalue weighted by atomic mass is 32.2. The number of hydrogen-bond acceptors (Lipinski definition) is 7. The van der Waals surface area contributed by atoms with Crippen LogP contribution in [0.15, 0.2) is 49.1 Å². The number of hydrogen-bond donors (Lipinski definition) is 0. The molecule has 1 fully saturated rings. The van der Waals surface area contributed by atoms with E-state index in [1.807, 2.05) is 0 Å². The van der Waals surface area contributed by atoms with E-state index in [4.69, 9.17) is 18.9 Å². The van der Waals surface area contributed by atoms with Gasteiger partial charge in [0.2, 0.25) is 5.75 Å². The van der Waals surface area contributed by atoms with E-state index in [1.165, 1.54) is 21.3 Å². The lowest BCUT2D eigenvalue weighted by Gasteiger charge is -2.29. The molecule has 1 saturated heterocycles. The predicted octanol–water partition coefficient (Wildman–Crippen LogP) is 3.11. The molecule has 0 aliphatic carbocycles. The van der Waals surface area contributed by atoms with E-state index in [1.54, 1.807) is 47.4 Å². The molecule has 3 rings (SSSR count). The SMILES string of the molecule is C=CCOc1ccc(C(=O)N(Cc2cc(OC)c(OC)c(OC)c2)[C@@H]2CCS(=O)(=O)C2)cc1. The third-order valence-electron chi connectivity index (χ3n) is 5.46. The Morgan fingerprint density at radius 1 is 1.09 bits per heavy atom. The van der Waals surface area contributed by atoms with Gasteiger partial charge in [0.1, 0.15) is 12.4 Å². The van der Waals surface area contributed by atoms with Crippen molar-refractivity contribution in [2.24, 2.45) is 0 Å². The zero-order valence-electron chi connectivity index (χ0n) is 19.1. The van der Waals surface area contributed by atoms with Crippen molar-refractivity contribution in [2.75, 3.05) is 39.4 Å². The lowest BCUT2D eigenvalue weighted by atomic mass is 10.1. The van der Waals surface area contributed by atoms with Gasteiger partial charge in [0.15, 0.2) is 21.3 Å². The highest BCUT2D eigenvalue weighted by molar-refractivity contribution is 7.91. The molecule has 0 unspecified atom stereocenters. The van der Waals surface area contributed by atoms with Crippen molar-refractivity contribution in [3.8, 4) is 23.0 Å². The molecule has 0 saturated carbocycles. The van der Waals surface area contributed by atoms with E-state index in [9.17, 15) is 13.2 Å². The summed E-state index contributed by atoms with van der Waals surface area (Å²) in [6.45, 7) is 4.16. The van der Waals surface area contributed by atoms with Crippen molar-refractivity contribution in [1.82, 2.24) is 4.90 Å². The fourth-order valence-electron chi connectivity index (χ4n) is 3.83. The van der Waals surface area contributed by atoms with E-state index < -0.39 is 15.9 Å². The zero-order valence-corrected chi connectivity index (χ0v) is 19.9. The first-order chi connectivity index (χ1) is 15.8. The fourth-order valence-corrected chi connectivity index (χ4v) is 5.56. The molecule has 0 spiro atoms. The molecule has 1 aliphatic heterocycles. The van der Waals surface area contributed by atoms with Gasteiger partial charge in [0, 0.05) is 18.2 Å². The van der Waals surface area contributed by atoms with Gasteiger partial charge < -0.3 is 23.8 Å². The zero-order chi connectivity index (χ0) is 24.0. The first-order valence-electron chi connectivity index (χ1n) is 10.5. The smallest absolute Gasteiger partial charge is 0.254 e. The Labute approximate surface area is 194 Å². The topological polar surface area (TPSA) is 91.4 Å². The van der Waals surface area contributed by atoms with Gasteiger partial charge in [-0.3, -0.25) is 4.79 Å². The third-order valence-corrected chi connectivity index (χ3v) is 7.21. The van der Waals surface area contributed by atoms with Crippen LogP contribution in [0, 0.1) is 0 Å². The number of sulfone groups is 1. The number of carbonyl (C=O) groups is 1. The largest absolute Gasteiger partial charge is 0.493 e. The maximum Gasteiger partial charge on any atom is 0.254 e. The number of benzene rings is 2. The number of ether oxygens (including phenoxy) is 4. The third kappa shape index (κ3) is 5.78. The predicted molar refractivity (Wildman–Crippen MR) is 125 cm³/mol. The second-order valence-electron chi connectivity index (χ2n) is 7.65. The number of amides is 1. The Kier molecular flexibility index (Phi) is 7.86. The van der Waals surface area contributed by atoms with Gasteiger partial charge in [-0.05, 0) is 48.4 Å². The Bertz CT molecular complexity index is 1070. The minimum absolute atomic E-state index is 0.0605. The van der Waals surface area contributed by atoms with Gasteiger partial charge in [-0.1, -0.05) is 12.7 Å². The molecule has 1 atom stereocenters. The minimum Gasteiger partial charge on any atom is -0.493 e. The summed E-state index contributed by atoms with van der Waals surface area (Å²) in [6.07, 6.45) is 2.03. The molecule has 2 aromatic rings. The van der Waals surface area contributed by atoms with Crippen LogP contribution in [0.25, 0.3) is 0 Å². The fraction of sp³-hybridized carbons (Fsp3) is 0.375. The van der Waals surface area contributed by atoms with E-state index in [0.717, 1.165) is 5.56 Å². The van der Waals surface area contributed by atoms with Gasteiger partial charge in [0.05, 0.1) is 32.8 Å². The van der Waals surface area contributed by atoms with E-state index in [2.05, 4.69) is 6.58 Å². The maximum absolute atomic E-state index is 13.5. The summed E-state index contributed by atoms with van der Waals surface area (Å²) >= 11 is 0. The van der Waals surface area contributed by atoms with Crippen LogP contribution in [0.4, 0.5) is 0 Å². The number of carbonyl (C=O) groups excluding carboxylic acids is 1. The lowest BCUT2D eigenvalue weighted by Crippen LogP contribution is -2.40. The number of methoxy groups -OCH3 is 3. The normalized spacial score (nSPS) is 16.6. The van der Waals surface area contributed by atoms with Gasteiger partial charge in [-0.15, -0.1) is 0 Å². The molecule has 1 amide bonds. The first kappa shape index (κ1) is 24.4. The maximum atomic E-state index is 13.5. The molecule has 178 valence electrons. The van der Waals surface area contributed by atoms with Crippen LogP contribution in [-0.2, 0) is 16.4 Å². The molecule has 0 N–H and O–H groups in total. The average molecular weight is 476 g/mol. The Hall–Kier alpha value is -3.20. The molecule has 2 aromatic carbocycles. The molecular weight excluding hydrogens is 446 g/mol. The summed E-state index contributed by atoms with van der Waals surface area (Å²) in [5.41, 5.74) is 1.17. The van der Waals surface area contributed by atoms with E-state index in [0.29, 0.717) is 41.6 Å². The summed E-state index contributed by atoms with van der Waals surface area (Å²) in [7, 11) is 1.36.